The number of nitrogens with two attached hydrogens (primary N) is 3. The number of H-pyrrole nitrogens is 2. The van der Waals surface area contributed by atoms with Gasteiger partial charge in [0.25, 0.3) is 0 Å². The number of aromatic nitrogens is 3. The Balaban J connectivity index is 1.21. The highest BCUT2D eigenvalue weighted by Crippen LogP contribution is 2.28. The van der Waals surface area contributed by atoms with Crippen LogP contribution < -0.4 is 81.0 Å². The lowest BCUT2D eigenvalue weighted by Crippen LogP contribution is -2.61. The van der Waals surface area contributed by atoms with Crippen LogP contribution in [-0.2, 0) is 91.2 Å². The molecule has 3 aliphatic rings. The monoisotopic (exact) mass is 1590 g/mol. The molecule has 2 aromatic heterocycles. The molecule has 3 saturated heterocycles. The topological polar surface area (TPSA) is 587 Å². The maximum absolute atomic E-state index is 15.1. The van der Waals surface area contributed by atoms with Crippen LogP contribution in [-0.4, -0.2) is 252 Å². The first-order chi connectivity index (χ1) is 51.9. The summed E-state index contributed by atoms with van der Waals surface area (Å²) in [6.07, 6.45) is 2.01. The largest absolute Gasteiger partial charge is 0.508 e. The van der Waals surface area contributed by atoms with E-state index in [4.69, 9.17) is 17.2 Å². The molecule has 3 aliphatic heterocycles. The van der Waals surface area contributed by atoms with Crippen molar-refractivity contribution >= 4 is 143 Å². The molecule has 37 nitrogen and oxygen atoms in total. The molecule has 0 radical (unpaired) electrons. The summed E-state index contributed by atoms with van der Waals surface area (Å²) in [7, 11) is 3.35. The number of aliphatic carboxylic acids is 1. The van der Waals surface area contributed by atoms with Crippen molar-refractivity contribution in [2.24, 2.45) is 29.0 Å². The average Bonchev–Trinajstić information content (AvgIpc) is 1.71. The van der Waals surface area contributed by atoms with Crippen LogP contribution in [0.1, 0.15) is 83.0 Å². The number of imidazole rings is 1. The van der Waals surface area contributed by atoms with Crippen LogP contribution in [0, 0.1) is 11.8 Å². The predicted molar refractivity (Wildman–Crippen MR) is 404 cm³/mol. The summed E-state index contributed by atoms with van der Waals surface area (Å²) < 4.78 is 0. The van der Waals surface area contributed by atoms with E-state index in [0.29, 0.717) is 29.7 Å². The number of phenolic OH excluding ortho intramolecular Hbond substituents is 1. The molecule has 14 amide bonds. The molecule has 0 aliphatic carbocycles. The van der Waals surface area contributed by atoms with E-state index >= 15 is 4.79 Å². The smallest absolute Gasteiger partial charge is 0.327 e. The number of nitrogens with zero attached hydrogens (tertiary/aromatic N) is 2. The highest BCUT2D eigenvalue weighted by Gasteiger charge is 2.45. The third kappa shape index (κ3) is 26.6. The first-order valence-corrected chi connectivity index (χ1v) is 40.2. The number of benzene rings is 2. The quantitative estimate of drug-likeness (QED) is 0.0233. The number of aromatic amines is 2. The van der Waals surface area contributed by atoms with E-state index in [-0.39, 0.29) is 63.3 Å². The molecule has 0 saturated carbocycles. The Morgan fingerprint density at radius 1 is 0.688 bits per heavy atom. The van der Waals surface area contributed by atoms with Gasteiger partial charge in [-0.3, -0.25) is 67.1 Å². The molecular weight excluding hydrogens is 1500 g/mol. The Bertz CT molecular complexity index is 3890. The third-order valence-corrected chi connectivity index (χ3v) is 22.5. The van der Waals surface area contributed by atoms with E-state index in [1.807, 2.05) is 18.2 Å². The van der Waals surface area contributed by atoms with E-state index in [2.05, 4.69) is 78.8 Å². The number of hydrogen-bond donors (Lipinski definition) is 20. The van der Waals surface area contributed by atoms with Crippen LogP contribution in [0.5, 0.6) is 5.75 Å². The van der Waals surface area contributed by atoms with Crippen molar-refractivity contribution in [1.29, 1.82) is 0 Å². The van der Waals surface area contributed by atoms with Crippen LogP contribution in [0.2, 0.25) is 0 Å². The molecule has 594 valence electrons. The van der Waals surface area contributed by atoms with Crippen molar-refractivity contribution in [3.63, 3.8) is 0 Å². The number of carbonyl (C=O) groups is 15. The van der Waals surface area contributed by atoms with Gasteiger partial charge in [0.15, 0.2) is 0 Å². The Morgan fingerprint density at radius 2 is 1.34 bits per heavy atom. The summed E-state index contributed by atoms with van der Waals surface area (Å²) in [5.41, 5.74) is 19.8. The molecule has 2 aromatic carbocycles. The lowest BCUT2D eigenvalue weighted by atomic mass is 10.0. The number of carboxylic acid groups (broad SMARTS) is 1. The van der Waals surface area contributed by atoms with Crippen LogP contribution in [0.4, 0.5) is 0 Å². The lowest BCUT2D eigenvalue weighted by Gasteiger charge is -2.31. The fourth-order valence-electron chi connectivity index (χ4n) is 11.9. The van der Waals surface area contributed by atoms with Crippen molar-refractivity contribution in [3.05, 3.63) is 84.1 Å². The number of phenols is 1. The Kier molecular flexibility index (Phi) is 33.6. The van der Waals surface area contributed by atoms with E-state index in [1.165, 1.54) is 50.6 Å². The van der Waals surface area contributed by atoms with Crippen molar-refractivity contribution < 1.29 is 87.2 Å². The van der Waals surface area contributed by atoms with Gasteiger partial charge >= 0.3 is 5.97 Å². The van der Waals surface area contributed by atoms with Gasteiger partial charge in [-0.1, -0.05) is 101 Å². The normalized spacial score (nSPS) is 23.7. The number of carboxylic acids is 1. The summed E-state index contributed by atoms with van der Waals surface area (Å²) in [6.45, 7) is 4.80. The zero-order valence-electron chi connectivity index (χ0n) is 60.3. The number of aromatic hydroxyl groups is 1. The van der Waals surface area contributed by atoms with Crippen LogP contribution in [0.3, 0.4) is 0 Å². The molecule has 5 heterocycles. The van der Waals surface area contributed by atoms with Gasteiger partial charge in [-0.2, -0.15) is 0 Å². The Hall–Kier alpha value is -9.68. The number of unbranched alkanes of at least 4 members (excludes halogenated alkanes) is 1. The lowest BCUT2D eigenvalue weighted by molar-refractivity contribution is -0.146. The minimum absolute atomic E-state index is 0.0226. The minimum Gasteiger partial charge on any atom is -0.508 e. The molecule has 23 N–H and O–H groups in total. The fourth-order valence-corrected chi connectivity index (χ4v) is 16.5. The molecule has 109 heavy (non-hydrogen) atoms. The molecular formula is C68H95N19O18S4. The number of carbonyl (C=O) groups excluding carboxylic acids is 14. The summed E-state index contributed by atoms with van der Waals surface area (Å²) >= 11 is 0. The number of aliphatic hydroxyl groups excluding tert-OH is 1. The van der Waals surface area contributed by atoms with Crippen molar-refractivity contribution in [2.75, 3.05) is 49.2 Å². The first-order valence-electron chi connectivity index (χ1n) is 35.2. The number of primary amides is 1. The zero-order valence-corrected chi connectivity index (χ0v) is 63.5. The van der Waals surface area contributed by atoms with Gasteiger partial charge in [0.2, 0.25) is 82.7 Å². The number of para-hydroxylation sites is 1. The van der Waals surface area contributed by atoms with Crippen LogP contribution >= 0.6 is 43.2 Å². The molecule has 2 bridgehead atoms. The van der Waals surface area contributed by atoms with Crippen LogP contribution in [0.15, 0.2) is 67.3 Å². The van der Waals surface area contributed by atoms with Gasteiger partial charge in [0.1, 0.15) is 72.2 Å². The van der Waals surface area contributed by atoms with Gasteiger partial charge in [0.05, 0.1) is 38.0 Å². The second kappa shape index (κ2) is 42.3. The van der Waals surface area contributed by atoms with Gasteiger partial charge in [-0.15, -0.1) is 0 Å². The molecule has 41 heteroatoms. The molecule has 13 atom stereocenters. The number of rotatable bonds is 24. The van der Waals surface area contributed by atoms with Gasteiger partial charge in [-0.25, -0.2) is 9.78 Å². The Labute approximate surface area is 642 Å². The van der Waals surface area contributed by atoms with Crippen molar-refractivity contribution in [1.82, 2.24) is 83.7 Å². The SMILES string of the molecule is CC(C)C[C@@H]1NC(=O)[C@H](CCCCN)NC(=O)[C@H](Cc2ccc(O)cc2)NC(=O)CNC(=O)[C@@H]2CSSC[C@H](NC1=O)C(=O)N[C@@H](Cc1cnc[nH]1)C(=O)N1CC[C@H](O)[C@H]1C(=O)N[C@H](C(=O)O)CSSC[C@H](NC(=O)[C@@H](NC(=O)CNC(=O)[C@H](CC(N)=O)NC(=O)[C@@H](N)Cc1c[nH]c3ccccc13)C(C)C)C(=O)N2. The molecule has 0 spiro atoms. The van der Waals surface area contributed by atoms with Gasteiger partial charge in [0, 0.05) is 71.4 Å². The summed E-state index contributed by atoms with van der Waals surface area (Å²) in [5, 5.41) is 63.4. The maximum Gasteiger partial charge on any atom is 0.327 e. The third-order valence-electron chi connectivity index (χ3n) is 17.7. The number of nitrogens with one attached hydrogen (secondary N) is 14. The number of aliphatic hydroxyl groups is 1. The second-order valence-corrected chi connectivity index (χ2v) is 32.2. The maximum atomic E-state index is 15.1. The van der Waals surface area contributed by atoms with E-state index < -0.39 is 216 Å². The summed E-state index contributed by atoms with van der Waals surface area (Å²) in [6, 6.07) is -5.77. The predicted octanol–water partition coefficient (Wildman–Crippen LogP) is -4.42. The molecule has 3 fully saturated rings. The zero-order chi connectivity index (χ0) is 79.6. The van der Waals surface area contributed by atoms with E-state index in [9.17, 15) is 82.4 Å². The van der Waals surface area contributed by atoms with Gasteiger partial charge < -0.3 is 111 Å². The molecule has 0 unspecified atom stereocenters. The number of fused-ring (bicyclic) bond motifs is 7. The average molecular weight is 1590 g/mol. The molecule has 7 rings (SSSR count). The highest BCUT2D eigenvalue weighted by molar-refractivity contribution is 8.77. The van der Waals surface area contributed by atoms with Gasteiger partial charge in [-0.05, 0) is 86.2 Å². The van der Waals surface area contributed by atoms with Crippen LogP contribution in [0.25, 0.3) is 10.9 Å². The van der Waals surface area contributed by atoms with Crippen molar-refractivity contribution in [2.45, 2.75) is 164 Å². The first kappa shape index (κ1) is 86.6. The number of amides is 14. The highest BCUT2D eigenvalue weighted by atomic mass is 33.1. The molecule has 4 aromatic rings. The second-order valence-electron chi connectivity index (χ2n) is 27.0. The van der Waals surface area contributed by atoms with Crippen molar-refractivity contribution in [3.8, 4) is 5.75 Å². The number of hydrogen-bond acceptors (Lipinski definition) is 24. The summed E-state index contributed by atoms with van der Waals surface area (Å²) in [5.74, 6) is -18.1. The van der Waals surface area contributed by atoms with E-state index in [0.717, 1.165) is 59.0 Å². The standard InChI is InChI=1S/C68H95N19O18S4/c1-33(2)19-43-61(97)83-48-29-107-106-28-47(59(95)75-26-53(91)77-44(20-35-12-14-38(88)15-13-35)62(98)78-42(60(96)80-43)11-7-8-17-69)82-64(100)49(30-108-109-31-50(68(104)105)85-66(102)56-51(89)16-18-87(56)67(103)46(81-63(48)99)22-37-25-72-32-76-37)84-65(101)55(34(3)4)86-54(92)27-74-58(94)45(23-52(71)90)79-57(93)40(70)21-36-24-73-41-10-6-5-9-39(36)41/h5-6,9-10,12-15,24-25,32-34,40,42-51,55-56,73,88-89H,7-8,11,16-23,26-31,69-70H2,1-4H3,(H2,71,90)(H,72,76)(H,74,94)(H,75,95)(H,77,91)(H,78,98)(H,79,93)(H,80,96)(H,81,99)(H,82,100)(H,83,97)(H,84,101)(H,85,102)(H,86,92)(H,104,105)/t40-,42-,43-,44-,45-,46-,47-,48-,49-,50-,51-,55-,56-/m0/s1. The van der Waals surface area contributed by atoms with E-state index in [1.54, 1.807) is 26.1 Å². The fraction of sp³-hybridized carbons (Fsp3) is 0.529. The Morgan fingerprint density at radius 3 is 2.01 bits per heavy atom. The summed E-state index contributed by atoms with van der Waals surface area (Å²) in [4.78, 5) is 223. The minimum atomic E-state index is -1.76.